The minimum atomic E-state index is -0.440. The smallest absolute Gasteiger partial charge is 0.149 e. The lowest BCUT2D eigenvalue weighted by molar-refractivity contribution is 0.631. The van der Waals surface area contributed by atoms with Crippen molar-refractivity contribution in [3.05, 3.63) is 29.0 Å². The summed E-state index contributed by atoms with van der Waals surface area (Å²) in [5.74, 6) is -0.440. The molecule has 1 aromatic rings. The number of hydrogen-bond donors (Lipinski definition) is 1. The van der Waals surface area contributed by atoms with E-state index in [4.69, 9.17) is 11.6 Å². The van der Waals surface area contributed by atoms with Gasteiger partial charge in [-0.1, -0.05) is 11.6 Å². The third kappa shape index (κ3) is 1.91. The highest BCUT2D eigenvalue weighted by Crippen LogP contribution is 2.18. The first-order chi connectivity index (χ1) is 5.24. The zero-order chi connectivity index (χ0) is 8.27. The molecule has 0 aliphatic heterocycles. The van der Waals surface area contributed by atoms with Crippen LogP contribution in [0, 0.1) is 5.82 Å². The SMILES string of the molecule is C=NNc1ccc(Cl)cc1F. The monoisotopic (exact) mass is 172 g/mol. The van der Waals surface area contributed by atoms with Crippen LogP contribution in [0.25, 0.3) is 0 Å². The zero-order valence-electron chi connectivity index (χ0n) is 5.64. The van der Waals surface area contributed by atoms with E-state index in [0.29, 0.717) is 5.02 Å². The maximum atomic E-state index is 12.8. The standard InChI is InChI=1S/C7H6ClFN2/c1-10-11-7-3-2-5(8)4-6(7)9/h2-4,11H,1H2. The van der Waals surface area contributed by atoms with Crippen LogP contribution in [0.1, 0.15) is 0 Å². The molecule has 0 bridgehead atoms. The van der Waals surface area contributed by atoms with E-state index in [1.54, 1.807) is 6.07 Å². The van der Waals surface area contributed by atoms with Crippen molar-refractivity contribution >= 4 is 24.0 Å². The quantitative estimate of drug-likeness (QED) is 0.538. The maximum absolute atomic E-state index is 12.8. The van der Waals surface area contributed by atoms with Gasteiger partial charge in [0.2, 0.25) is 0 Å². The van der Waals surface area contributed by atoms with Gasteiger partial charge in [0.1, 0.15) is 5.82 Å². The van der Waals surface area contributed by atoms with Gasteiger partial charge in [-0.15, -0.1) is 0 Å². The largest absolute Gasteiger partial charge is 0.276 e. The number of hydrogen-bond acceptors (Lipinski definition) is 2. The number of halogens is 2. The zero-order valence-corrected chi connectivity index (χ0v) is 6.40. The number of nitrogens with zero attached hydrogens (tertiary/aromatic N) is 1. The minimum Gasteiger partial charge on any atom is -0.276 e. The third-order valence-electron chi connectivity index (χ3n) is 1.13. The molecule has 1 aromatic carbocycles. The fourth-order valence-electron chi connectivity index (χ4n) is 0.665. The summed E-state index contributed by atoms with van der Waals surface area (Å²) in [7, 11) is 0. The minimum absolute atomic E-state index is 0.268. The van der Waals surface area contributed by atoms with E-state index in [2.05, 4.69) is 17.2 Å². The van der Waals surface area contributed by atoms with Gasteiger partial charge >= 0.3 is 0 Å². The molecule has 0 aromatic heterocycles. The summed E-state index contributed by atoms with van der Waals surface area (Å²) in [6.45, 7) is 3.16. The Kier molecular flexibility index (Phi) is 2.44. The second-order valence-electron chi connectivity index (χ2n) is 1.89. The molecule has 0 aliphatic rings. The van der Waals surface area contributed by atoms with Crippen molar-refractivity contribution in [3.63, 3.8) is 0 Å². The van der Waals surface area contributed by atoms with Crippen LogP contribution >= 0.6 is 11.6 Å². The van der Waals surface area contributed by atoms with Gasteiger partial charge in [-0.2, -0.15) is 5.10 Å². The first-order valence-electron chi connectivity index (χ1n) is 2.91. The van der Waals surface area contributed by atoms with Gasteiger partial charge in [-0.3, -0.25) is 5.43 Å². The maximum Gasteiger partial charge on any atom is 0.149 e. The van der Waals surface area contributed by atoms with Gasteiger partial charge in [-0.25, -0.2) is 4.39 Å². The van der Waals surface area contributed by atoms with Crippen molar-refractivity contribution in [2.45, 2.75) is 0 Å². The summed E-state index contributed by atoms with van der Waals surface area (Å²) < 4.78 is 12.8. The number of anilines is 1. The number of nitrogens with one attached hydrogen (secondary N) is 1. The van der Waals surface area contributed by atoms with Crippen molar-refractivity contribution < 1.29 is 4.39 Å². The average Bonchev–Trinajstić information content (AvgIpc) is 1.95. The Balaban J connectivity index is 2.98. The molecule has 11 heavy (non-hydrogen) atoms. The second-order valence-corrected chi connectivity index (χ2v) is 2.33. The Morgan fingerprint density at radius 3 is 2.82 bits per heavy atom. The molecule has 1 rings (SSSR count). The lowest BCUT2D eigenvalue weighted by atomic mass is 10.3. The van der Waals surface area contributed by atoms with Gasteiger partial charge in [0, 0.05) is 11.7 Å². The van der Waals surface area contributed by atoms with Gasteiger partial charge in [0.25, 0.3) is 0 Å². The summed E-state index contributed by atoms with van der Waals surface area (Å²) in [5.41, 5.74) is 2.65. The van der Waals surface area contributed by atoms with Gasteiger partial charge < -0.3 is 0 Å². The predicted molar refractivity (Wildman–Crippen MR) is 44.6 cm³/mol. The lowest BCUT2D eigenvalue weighted by Crippen LogP contribution is -1.89. The Labute approximate surface area is 68.7 Å². The fourth-order valence-corrected chi connectivity index (χ4v) is 0.824. The van der Waals surface area contributed by atoms with Crippen molar-refractivity contribution in [2.24, 2.45) is 5.10 Å². The molecule has 0 amide bonds. The molecule has 0 heterocycles. The highest BCUT2D eigenvalue weighted by atomic mass is 35.5. The van der Waals surface area contributed by atoms with Gasteiger partial charge in [0.05, 0.1) is 5.69 Å². The first-order valence-corrected chi connectivity index (χ1v) is 3.28. The topological polar surface area (TPSA) is 24.4 Å². The predicted octanol–water partition coefficient (Wildman–Crippen LogP) is 2.51. The van der Waals surface area contributed by atoms with E-state index in [9.17, 15) is 4.39 Å². The molecule has 0 aliphatic carbocycles. The Morgan fingerprint density at radius 2 is 2.27 bits per heavy atom. The van der Waals surface area contributed by atoms with E-state index >= 15 is 0 Å². The Hall–Kier alpha value is -1.09. The molecule has 0 atom stereocenters. The molecule has 0 spiro atoms. The van der Waals surface area contributed by atoms with Gasteiger partial charge in [0.15, 0.2) is 0 Å². The third-order valence-corrected chi connectivity index (χ3v) is 1.37. The Bertz CT molecular complexity index is 275. The molecule has 0 radical (unpaired) electrons. The molecule has 1 N–H and O–H groups in total. The molecular formula is C7H6ClFN2. The summed E-state index contributed by atoms with van der Waals surface area (Å²) in [4.78, 5) is 0. The van der Waals surface area contributed by atoms with Gasteiger partial charge in [-0.05, 0) is 18.2 Å². The lowest BCUT2D eigenvalue weighted by Gasteiger charge is -2.00. The van der Waals surface area contributed by atoms with Crippen molar-refractivity contribution in [1.82, 2.24) is 0 Å². The van der Waals surface area contributed by atoms with E-state index in [1.165, 1.54) is 12.1 Å². The molecule has 0 saturated heterocycles. The first kappa shape index (κ1) is 8.01. The molecule has 0 saturated carbocycles. The summed E-state index contributed by atoms with van der Waals surface area (Å²) in [6, 6.07) is 4.26. The van der Waals surface area contributed by atoms with E-state index in [-0.39, 0.29) is 5.69 Å². The van der Waals surface area contributed by atoms with E-state index in [0.717, 1.165) is 0 Å². The van der Waals surface area contributed by atoms with Crippen LogP contribution < -0.4 is 5.43 Å². The van der Waals surface area contributed by atoms with Crippen LogP contribution in [0.4, 0.5) is 10.1 Å². The van der Waals surface area contributed by atoms with Crippen LogP contribution in [-0.4, -0.2) is 6.72 Å². The van der Waals surface area contributed by atoms with Crippen LogP contribution in [-0.2, 0) is 0 Å². The normalized spacial score (nSPS) is 9.27. The van der Waals surface area contributed by atoms with Crippen LogP contribution in [0.3, 0.4) is 0 Å². The summed E-state index contributed by atoms with van der Waals surface area (Å²) >= 11 is 5.50. The molecule has 2 nitrogen and oxygen atoms in total. The highest BCUT2D eigenvalue weighted by Gasteiger charge is 1.99. The summed E-state index contributed by atoms with van der Waals surface area (Å²) in [6.07, 6.45) is 0. The molecule has 4 heteroatoms. The van der Waals surface area contributed by atoms with Crippen molar-refractivity contribution in [1.29, 1.82) is 0 Å². The molecule has 58 valence electrons. The second kappa shape index (κ2) is 3.34. The van der Waals surface area contributed by atoms with Crippen LogP contribution in [0.2, 0.25) is 5.02 Å². The van der Waals surface area contributed by atoms with Crippen molar-refractivity contribution in [2.75, 3.05) is 5.43 Å². The van der Waals surface area contributed by atoms with Crippen molar-refractivity contribution in [3.8, 4) is 0 Å². The van der Waals surface area contributed by atoms with Crippen LogP contribution in [0.5, 0.6) is 0 Å². The Morgan fingerprint density at radius 1 is 1.55 bits per heavy atom. The van der Waals surface area contributed by atoms with E-state index in [1.807, 2.05) is 0 Å². The number of rotatable bonds is 2. The number of benzene rings is 1. The molecular weight excluding hydrogens is 167 g/mol. The van der Waals surface area contributed by atoms with E-state index < -0.39 is 5.82 Å². The average molecular weight is 173 g/mol. The summed E-state index contributed by atoms with van der Waals surface area (Å²) in [5, 5.41) is 3.67. The highest BCUT2D eigenvalue weighted by molar-refractivity contribution is 6.30. The number of hydrazone groups is 1. The molecule has 0 fully saturated rings. The fraction of sp³-hybridized carbons (Fsp3) is 0. The molecule has 0 unspecified atom stereocenters. The van der Waals surface area contributed by atoms with Crippen LogP contribution in [0.15, 0.2) is 23.3 Å².